The SMILES string of the molecule is CN(C)c1ccc(C(=C[C@H]2CCCOC2)c2ccc(N(C)C)cc2)cc1. The summed E-state index contributed by atoms with van der Waals surface area (Å²) in [5.74, 6) is 0.487. The first-order valence-electron chi connectivity index (χ1n) is 9.39. The third-order valence-corrected chi connectivity index (χ3v) is 4.99. The molecule has 0 N–H and O–H groups in total. The first-order valence-corrected chi connectivity index (χ1v) is 9.39. The van der Waals surface area contributed by atoms with E-state index in [4.69, 9.17) is 4.74 Å². The van der Waals surface area contributed by atoms with E-state index in [9.17, 15) is 0 Å². The molecule has 3 nitrogen and oxygen atoms in total. The molecule has 0 spiro atoms. The number of benzene rings is 2. The van der Waals surface area contributed by atoms with Crippen LogP contribution >= 0.6 is 0 Å². The van der Waals surface area contributed by atoms with Gasteiger partial charge in [-0.2, -0.15) is 0 Å². The van der Waals surface area contributed by atoms with Gasteiger partial charge in [-0.3, -0.25) is 0 Å². The van der Waals surface area contributed by atoms with Gasteiger partial charge in [0.15, 0.2) is 0 Å². The molecular formula is C23H30N2O. The highest BCUT2D eigenvalue weighted by atomic mass is 16.5. The molecule has 1 saturated heterocycles. The Balaban J connectivity index is 1.96. The van der Waals surface area contributed by atoms with Crippen LogP contribution in [0, 0.1) is 5.92 Å². The summed E-state index contributed by atoms with van der Waals surface area (Å²) < 4.78 is 5.70. The molecule has 1 aliphatic rings. The number of rotatable bonds is 5. The van der Waals surface area contributed by atoms with Crippen LogP contribution in [0.5, 0.6) is 0 Å². The topological polar surface area (TPSA) is 15.7 Å². The summed E-state index contributed by atoms with van der Waals surface area (Å²) in [6.45, 7) is 1.73. The lowest BCUT2D eigenvalue weighted by atomic mass is 9.91. The third kappa shape index (κ3) is 4.47. The zero-order valence-corrected chi connectivity index (χ0v) is 16.4. The molecule has 0 amide bonds. The Morgan fingerprint density at radius 3 is 1.73 bits per heavy atom. The average Bonchev–Trinajstić information content (AvgIpc) is 2.67. The first-order chi connectivity index (χ1) is 12.5. The maximum atomic E-state index is 5.70. The number of hydrogen-bond donors (Lipinski definition) is 0. The molecule has 2 aromatic rings. The predicted molar refractivity (Wildman–Crippen MR) is 112 cm³/mol. The van der Waals surface area contributed by atoms with Gasteiger partial charge in [0.25, 0.3) is 0 Å². The van der Waals surface area contributed by atoms with Crippen LogP contribution in [0.4, 0.5) is 11.4 Å². The van der Waals surface area contributed by atoms with E-state index in [1.54, 1.807) is 0 Å². The van der Waals surface area contributed by atoms with Crippen molar-refractivity contribution in [2.75, 3.05) is 51.2 Å². The van der Waals surface area contributed by atoms with Crippen molar-refractivity contribution in [1.82, 2.24) is 0 Å². The average molecular weight is 351 g/mol. The minimum absolute atomic E-state index is 0.487. The number of nitrogens with zero attached hydrogens (tertiary/aromatic N) is 2. The highest BCUT2D eigenvalue weighted by Gasteiger charge is 2.15. The molecule has 0 bridgehead atoms. The lowest BCUT2D eigenvalue weighted by Crippen LogP contribution is -2.15. The van der Waals surface area contributed by atoms with E-state index in [-0.39, 0.29) is 0 Å². The molecule has 0 radical (unpaired) electrons. The molecule has 1 fully saturated rings. The van der Waals surface area contributed by atoms with Crippen molar-refractivity contribution in [3.8, 4) is 0 Å². The highest BCUT2D eigenvalue weighted by molar-refractivity contribution is 5.81. The van der Waals surface area contributed by atoms with Crippen LogP contribution in [0.3, 0.4) is 0 Å². The van der Waals surface area contributed by atoms with Gasteiger partial charge in [-0.15, -0.1) is 0 Å². The van der Waals surface area contributed by atoms with Crippen LogP contribution in [0.15, 0.2) is 54.6 Å². The van der Waals surface area contributed by atoms with Crippen LogP contribution in [-0.4, -0.2) is 41.4 Å². The van der Waals surface area contributed by atoms with Gasteiger partial charge in [-0.25, -0.2) is 0 Å². The minimum Gasteiger partial charge on any atom is -0.381 e. The maximum absolute atomic E-state index is 5.70. The Morgan fingerprint density at radius 1 is 0.846 bits per heavy atom. The van der Waals surface area contributed by atoms with Gasteiger partial charge in [0.05, 0.1) is 6.61 Å². The Kier molecular flexibility index (Phi) is 6.00. The number of hydrogen-bond acceptors (Lipinski definition) is 3. The van der Waals surface area contributed by atoms with Crippen molar-refractivity contribution >= 4 is 16.9 Å². The van der Waals surface area contributed by atoms with Gasteiger partial charge in [0.1, 0.15) is 0 Å². The monoisotopic (exact) mass is 350 g/mol. The zero-order valence-electron chi connectivity index (χ0n) is 16.4. The minimum atomic E-state index is 0.487. The highest BCUT2D eigenvalue weighted by Crippen LogP contribution is 2.30. The molecule has 1 atom stereocenters. The van der Waals surface area contributed by atoms with Gasteiger partial charge in [0.2, 0.25) is 0 Å². The van der Waals surface area contributed by atoms with Gasteiger partial charge in [0, 0.05) is 52.1 Å². The van der Waals surface area contributed by atoms with Crippen LogP contribution in [-0.2, 0) is 4.74 Å². The fourth-order valence-corrected chi connectivity index (χ4v) is 3.37. The Morgan fingerprint density at radius 2 is 1.35 bits per heavy atom. The van der Waals surface area contributed by atoms with Crippen molar-refractivity contribution in [3.63, 3.8) is 0 Å². The van der Waals surface area contributed by atoms with E-state index in [1.165, 1.54) is 34.5 Å². The summed E-state index contributed by atoms with van der Waals surface area (Å²) in [5.41, 5.74) is 6.27. The van der Waals surface area contributed by atoms with E-state index in [2.05, 4.69) is 92.6 Å². The second-order valence-corrected chi connectivity index (χ2v) is 7.44. The van der Waals surface area contributed by atoms with Gasteiger partial charge in [-0.1, -0.05) is 30.3 Å². The van der Waals surface area contributed by atoms with E-state index >= 15 is 0 Å². The van der Waals surface area contributed by atoms with Crippen LogP contribution in [0.2, 0.25) is 0 Å². The fraction of sp³-hybridized carbons (Fsp3) is 0.391. The summed E-state index contributed by atoms with van der Waals surface area (Å²) in [7, 11) is 8.30. The van der Waals surface area contributed by atoms with Crippen LogP contribution in [0.25, 0.3) is 5.57 Å². The second-order valence-electron chi connectivity index (χ2n) is 7.44. The maximum Gasteiger partial charge on any atom is 0.0529 e. The number of anilines is 2. The summed E-state index contributed by atoms with van der Waals surface area (Å²) >= 11 is 0. The lowest BCUT2D eigenvalue weighted by Gasteiger charge is -2.21. The van der Waals surface area contributed by atoms with Crippen molar-refractivity contribution in [2.45, 2.75) is 12.8 Å². The predicted octanol–water partition coefficient (Wildman–Crippen LogP) is 4.68. The summed E-state index contributed by atoms with van der Waals surface area (Å²) in [4.78, 5) is 4.27. The molecule has 0 aliphatic carbocycles. The summed E-state index contributed by atoms with van der Waals surface area (Å²) in [5, 5.41) is 0. The molecule has 0 saturated carbocycles. The van der Waals surface area contributed by atoms with Crippen LogP contribution < -0.4 is 9.80 Å². The van der Waals surface area contributed by atoms with Gasteiger partial charge >= 0.3 is 0 Å². The summed E-state index contributed by atoms with van der Waals surface area (Å²) in [6.07, 6.45) is 4.76. The van der Waals surface area contributed by atoms with E-state index in [0.29, 0.717) is 5.92 Å². The molecule has 3 heteroatoms. The Labute approximate surface area is 157 Å². The molecule has 26 heavy (non-hydrogen) atoms. The molecule has 0 unspecified atom stereocenters. The second kappa shape index (κ2) is 8.41. The Bertz CT molecular complexity index is 670. The molecule has 138 valence electrons. The molecule has 0 aromatic heterocycles. The van der Waals surface area contributed by atoms with E-state index < -0.39 is 0 Å². The fourth-order valence-electron chi connectivity index (χ4n) is 3.37. The van der Waals surface area contributed by atoms with Crippen LogP contribution in [0.1, 0.15) is 24.0 Å². The van der Waals surface area contributed by atoms with Crippen molar-refractivity contribution in [2.24, 2.45) is 5.92 Å². The quantitative estimate of drug-likeness (QED) is 0.779. The molecule has 2 aromatic carbocycles. The van der Waals surface area contributed by atoms with Crippen molar-refractivity contribution in [3.05, 3.63) is 65.7 Å². The summed E-state index contributed by atoms with van der Waals surface area (Å²) in [6, 6.07) is 17.7. The molecule has 1 aliphatic heterocycles. The Hall–Kier alpha value is -2.26. The largest absolute Gasteiger partial charge is 0.381 e. The van der Waals surface area contributed by atoms with E-state index in [0.717, 1.165) is 19.6 Å². The first kappa shape index (κ1) is 18.5. The molecular weight excluding hydrogens is 320 g/mol. The molecule has 1 heterocycles. The molecule has 3 rings (SSSR count). The normalized spacial score (nSPS) is 16.8. The van der Waals surface area contributed by atoms with E-state index in [1.807, 2.05) is 0 Å². The standard InChI is InChI=1S/C23H30N2O/c1-24(2)21-11-7-19(8-12-21)23(16-18-6-5-15-26-17-18)20-9-13-22(14-10-20)25(3)4/h7-14,16,18H,5-6,15,17H2,1-4H3/t18-/m1/s1. The lowest BCUT2D eigenvalue weighted by molar-refractivity contribution is 0.0712. The zero-order chi connectivity index (χ0) is 18.5. The van der Waals surface area contributed by atoms with Gasteiger partial charge < -0.3 is 14.5 Å². The smallest absolute Gasteiger partial charge is 0.0529 e. The van der Waals surface area contributed by atoms with Gasteiger partial charge in [-0.05, 0) is 53.8 Å². The van der Waals surface area contributed by atoms with Crippen molar-refractivity contribution < 1.29 is 4.74 Å². The third-order valence-electron chi connectivity index (χ3n) is 4.99. The number of ether oxygens (including phenoxy) is 1. The van der Waals surface area contributed by atoms with Crippen molar-refractivity contribution in [1.29, 1.82) is 0 Å².